The van der Waals surface area contributed by atoms with Gasteiger partial charge in [0.25, 0.3) is 0 Å². The monoisotopic (exact) mass is 374 g/mol. The third-order valence-electron chi connectivity index (χ3n) is 4.76. The zero-order valence-corrected chi connectivity index (χ0v) is 13.9. The van der Waals surface area contributed by atoms with Gasteiger partial charge in [-0.2, -0.15) is 0 Å². The van der Waals surface area contributed by atoms with Crippen molar-refractivity contribution in [3.63, 3.8) is 0 Å². The molecule has 4 bridgehead atoms. The number of esters is 3. The molecule has 6 unspecified atom stereocenters. The number of halogens is 1. The number of carbonyl (C=O) groups is 3. The van der Waals surface area contributed by atoms with Crippen molar-refractivity contribution in [2.75, 3.05) is 6.61 Å². The lowest BCUT2D eigenvalue weighted by Gasteiger charge is -2.41. The van der Waals surface area contributed by atoms with Crippen molar-refractivity contribution in [2.45, 2.75) is 49.6 Å². The van der Waals surface area contributed by atoms with E-state index in [1.54, 1.807) is 6.92 Å². The van der Waals surface area contributed by atoms with Crippen molar-refractivity contribution in [1.29, 1.82) is 0 Å². The van der Waals surface area contributed by atoms with E-state index in [4.69, 9.17) is 14.2 Å². The minimum atomic E-state index is -0.588. The number of hydrogen-bond donors (Lipinski definition) is 0. The summed E-state index contributed by atoms with van der Waals surface area (Å²) in [5.74, 6) is -0.647. The number of rotatable bonds is 4. The second-order valence-corrected chi connectivity index (χ2v) is 7.79. The molecule has 6 nitrogen and oxygen atoms in total. The van der Waals surface area contributed by atoms with Gasteiger partial charge in [-0.15, -0.1) is 0 Å². The predicted octanol–water partition coefficient (Wildman–Crippen LogP) is 1.59. The summed E-state index contributed by atoms with van der Waals surface area (Å²) in [4.78, 5) is 34.7. The Morgan fingerprint density at radius 1 is 1.32 bits per heavy atom. The van der Waals surface area contributed by atoms with Crippen molar-refractivity contribution in [3.05, 3.63) is 0 Å². The second kappa shape index (κ2) is 6.18. The highest BCUT2D eigenvalue weighted by Crippen LogP contribution is 2.48. The molecule has 0 aromatic heterocycles. The maximum atomic E-state index is 11.9. The number of hydrogen-bond acceptors (Lipinski definition) is 6. The Morgan fingerprint density at radius 2 is 2.09 bits per heavy atom. The lowest BCUT2D eigenvalue weighted by molar-refractivity contribution is -0.178. The average molecular weight is 375 g/mol. The van der Waals surface area contributed by atoms with E-state index in [1.807, 2.05) is 0 Å². The number of ether oxygens (including phenoxy) is 3. The van der Waals surface area contributed by atoms with Crippen molar-refractivity contribution < 1.29 is 28.6 Å². The van der Waals surface area contributed by atoms with Gasteiger partial charge in [-0.3, -0.25) is 9.59 Å². The van der Waals surface area contributed by atoms with Gasteiger partial charge in [-0.25, -0.2) is 4.79 Å². The molecule has 0 spiro atoms. The quantitative estimate of drug-likeness (QED) is 0.422. The van der Waals surface area contributed by atoms with Crippen LogP contribution in [0.5, 0.6) is 0 Å². The molecular weight excluding hydrogens is 356 g/mol. The highest BCUT2D eigenvalue weighted by atomic mass is 79.9. The minimum Gasteiger partial charge on any atom is -0.458 e. The number of fused-ring (bicyclic) bond motifs is 1. The fourth-order valence-corrected chi connectivity index (χ4v) is 4.00. The van der Waals surface area contributed by atoms with Crippen LogP contribution in [0.4, 0.5) is 0 Å². The SMILES string of the molecule is CC(Br)C(=O)OCC(=O)OC1C2CC3CC(C2)C(=O)OC1C3. The minimum absolute atomic E-state index is 0.0514. The van der Waals surface area contributed by atoms with E-state index in [1.165, 1.54) is 0 Å². The van der Waals surface area contributed by atoms with Crippen molar-refractivity contribution in [1.82, 2.24) is 0 Å². The van der Waals surface area contributed by atoms with Crippen LogP contribution in [0.15, 0.2) is 0 Å². The highest BCUT2D eigenvalue weighted by molar-refractivity contribution is 9.10. The largest absolute Gasteiger partial charge is 0.458 e. The van der Waals surface area contributed by atoms with Gasteiger partial charge in [0.1, 0.15) is 17.0 Å². The van der Waals surface area contributed by atoms with E-state index in [-0.39, 0.29) is 23.9 Å². The molecule has 2 saturated carbocycles. The molecule has 4 fully saturated rings. The fraction of sp³-hybridized carbons (Fsp3) is 0.800. The van der Waals surface area contributed by atoms with Gasteiger partial charge in [0.2, 0.25) is 0 Å². The van der Waals surface area contributed by atoms with Crippen LogP contribution in [0, 0.1) is 17.8 Å². The first-order valence-corrected chi connectivity index (χ1v) is 8.56. The van der Waals surface area contributed by atoms with Crippen LogP contribution in [-0.2, 0) is 28.6 Å². The molecule has 0 radical (unpaired) electrons. The Balaban J connectivity index is 1.59. The van der Waals surface area contributed by atoms with Gasteiger partial charge in [0, 0.05) is 5.92 Å². The smallest absolute Gasteiger partial charge is 0.344 e. The summed E-state index contributed by atoms with van der Waals surface area (Å²) in [5.41, 5.74) is 0. The van der Waals surface area contributed by atoms with E-state index in [9.17, 15) is 14.4 Å². The van der Waals surface area contributed by atoms with Crippen LogP contribution in [0.3, 0.4) is 0 Å². The fourth-order valence-electron chi connectivity index (χ4n) is 3.87. The molecule has 2 aliphatic carbocycles. The molecule has 4 aliphatic rings. The van der Waals surface area contributed by atoms with Crippen molar-refractivity contribution in [2.24, 2.45) is 17.8 Å². The van der Waals surface area contributed by atoms with Crippen LogP contribution in [0.2, 0.25) is 0 Å². The molecule has 2 saturated heterocycles. The van der Waals surface area contributed by atoms with Crippen LogP contribution < -0.4 is 0 Å². The van der Waals surface area contributed by atoms with Gasteiger partial charge in [0.05, 0.1) is 5.92 Å². The summed E-state index contributed by atoms with van der Waals surface area (Å²) in [6.07, 6.45) is 2.60. The molecule has 0 aromatic rings. The first kappa shape index (κ1) is 15.8. The topological polar surface area (TPSA) is 78.9 Å². The van der Waals surface area contributed by atoms with Gasteiger partial charge in [-0.1, -0.05) is 15.9 Å². The molecule has 4 rings (SSSR count). The van der Waals surface area contributed by atoms with Crippen LogP contribution in [-0.4, -0.2) is 41.5 Å². The molecule has 22 heavy (non-hydrogen) atoms. The van der Waals surface area contributed by atoms with E-state index in [0.717, 1.165) is 25.7 Å². The summed E-state index contributed by atoms with van der Waals surface area (Å²) in [7, 11) is 0. The Hall–Kier alpha value is -1.11. The van der Waals surface area contributed by atoms with E-state index < -0.39 is 29.5 Å². The van der Waals surface area contributed by atoms with Crippen LogP contribution >= 0.6 is 15.9 Å². The second-order valence-electron chi connectivity index (χ2n) is 6.42. The molecule has 0 aromatic carbocycles. The molecule has 6 atom stereocenters. The van der Waals surface area contributed by atoms with Crippen LogP contribution in [0.25, 0.3) is 0 Å². The molecule has 0 amide bonds. The zero-order chi connectivity index (χ0) is 15.9. The van der Waals surface area contributed by atoms with Crippen molar-refractivity contribution >= 4 is 33.8 Å². The zero-order valence-electron chi connectivity index (χ0n) is 12.3. The molecule has 2 aliphatic heterocycles. The average Bonchev–Trinajstić information content (AvgIpc) is 2.62. The molecule has 7 heteroatoms. The Labute approximate surface area is 137 Å². The normalized spacial score (nSPS) is 37.2. The third-order valence-corrected chi connectivity index (χ3v) is 5.14. The first-order valence-electron chi connectivity index (χ1n) is 7.64. The highest BCUT2D eigenvalue weighted by Gasteiger charge is 2.51. The molecule has 122 valence electrons. The first-order chi connectivity index (χ1) is 10.4. The Bertz CT molecular complexity index is 490. The van der Waals surface area contributed by atoms with Crippen molar-refractivity contribution in [3.8, 4) is 0 Å². The summed E-state index contributed by atoms with van der Waals surface area (Å²) < 4.78 is 15.8. The summed E-state index contributed by atoms with van der Waals surface area (Å²) in [6.45, 7) is 1.21. The van der Waals surface area contributed by atoms with Gasteiger partial charge >= 0.3 is 17.9 Å². The third kappa shape index (κ3) is 3.14. The standard InChI is InChI=1S/C15H19BrO6/c1-7(16)14(18)20-6-12(17)22-13-9-2-8-3-10(5-9)15(19)21-11(13)4-8/h7-11,13H,2-6H2,1H3. The maximum Gasteiger partial charge on any atom is 0.344 e. The molecule has 0 N–H and O–H groups in total. The van der Waals surface area contributed by atoms with E-state index >= 15 is 0 Å². The van der Waals surface area contributed by atoms with Gasteiger partial charge in [-0.05, 0) is 38.5 Å². The Kier molecular flexibility index (Phi) is 4.43. The lowest BCUT2D eigenvalue weighted by Crippen LogP contribution is -2.45. The Morgan fingerprint density at radius 3 is 2.82 bits per heavy atom. The predicted molar refractivity (Wildman–Crippen MR) is 78.0 cm³/mol. The van der Waals surface area contributed by atoms with E-state index in [0.29, 0.717) is 5.92 Å². The summed E-state index contributed by atoms with van der Waals surface area (Å²) in [5, 5.41) is 0. The molecule has 2 heterocycles. The summed E-state index contributed by atoms with van der Waals surface area (Å²) >= 11 is 3.07. The van der Waals surface area contributed by atoms with Gasteiger partial charge in [0.15, 0.2) is 6.61 Å². The summed E-state index contributed by atoms with van der Waals surface area (Å²) in [6, 6.07) is 0. The lowest BCUT2D eigenvalue weighted by atomic mass is 9.67. The maximum absolute atomic E-state index is 11.9. The number of carbonyl (C=O) groups excluding carboxylic acids is 3. The number of alkyl halides is 1. The van der Waals surface area contributed by atoms with Gasteiger partial charge < -0.3 is 14.2 Å². The molecular formula is C15H19BrO6. The van der Waals surface area contributed by atoms with Crippen LogP contribution in [0.1, 0.15) is 32.6 Å². The van der Waals surface area contributed by atoms with E-state index in [2.05, 4.69) is 15.9 Å².